The fourth-order valence-corrected chi connectivity index (χ4v) is 2.27. The predicted molar refractivity (Wildman–Crippen MR) is 80.4 cm³/mol. The summed E-state index contributed by atoms with van der Waals surface area (Å²) >= 11 is 0. The van der Waals surface area contributed by atoms with Crippen LogP contribution in [-0.4, -0.2) is 0 Å². The van der Waals surface area contributed by atoms with E-state index in [-0.39, 0.29) is 0 Å². The Hall–Kier alpha value is -1.56. The molecule has 0 aliphatic heterocycles. The molecule has 0 bridgehead atoms. The fourth-order valence-electron chi connectivity index (χ4n) is 2.27. The zero-order valence-corrected chi connectivity index (χ0v) is 11.3. The zero-order valence-electron chi connectivity index (χ0n) is 11.3. The molecule has 18 heavy (non-hydrogen) atoms. The highest BCUT2D eigenvalue weighted by atomic mass is 14.1. The van der Waals surface area contributed by atoms with E-state index in [9.17, 15) is 0 Å². The molecule has 0 amide bonds. The molecule has 0 atom stereocenters. The van der Waals surface area contributed by atoms with E-state index in [0.717, 1.165) is 12.8 Å². The van der Waals surface area contributed by atoms with Gasteiger partial charge in [-0.1, -0.05) is 61.6 Å². The van der Waals surface area contributed by atoms with Gasteiger partial charge < -0.3 is 0 Å². The number of hydrogen-bond acceptors (Lipinski definition) is 0. The molecule has 0 saturated carbocycles. The van der Waals surface area contributed by atoms with Crippen LogP contribution < -0.4 is 0 Å². The molecule has 94 valence electrons. The Morgan fingerprint density at radius 2 is 2.00 bits per heavy atom. The molecule has 0 heteroatoms. The number of hydrogen-bond donors (Lipinski definition) is 0. The molecule has 0 spiro atoms. The van der Waals surface area contributed by atoms with Gasteiger partial charge >= 0.3 is 0 Å². The molecule has 2 rings (SSSR count). The lowest BCUT2D eigenvalue weighted by atomic mass is 9.89. The van der Waals surface area contributed by atoms with Crippen LogP contribution in [0.4, 0.5) is 0 Å². The van der Waals surface area contributed by atoms with E-state index in [0.29, 0.717) is 0 Å². The van der Waals surface area contributed by atoms with Crippen molar-refractivity contribution in [1.29, 1.82) is 0 Å². The van der Waals surface area contributed by atoms with Crippen LogP contribution in [0.3, 0.4) is 0 Å². The first kappa shape index (κ1) is 12.9. The van der Waals surface area contributed by atoms with Crippen LogP contribution in [0.1, 0.15) is 39.0 Å². The van der Waals surface area contributed by atoms with Crippen LogP contribution in [0.15, 0.2) is 71.4 Å². The third-order valence-electron chi connectivity index (χ3n) is 3.60. The summed E-state index contributed by atoms with van der Waals surface area (Å²) in [5, 5.41) is 0. The molecule has 0 unspecified atom stereocenters. The Bertz CT molecular complexity index is 464. The SMILES string of the molecule is C=C(C=CC1=CC=C(C2=CC=CCC2)CC1)CC. The molecule has 0 aromatic heterocycles. The van der Waals surface area contributed by atoms with Crippen LogP contribution in [-0.2, 0) is 0 Å². The first-order valence-corrected chi connectivity index (χ1v) is 6.91. The third kappa shape index (κ3) is 3.46. The molecular formula is C18H22. The quantitative estimate of drug-likeness (QED) is 0.573. The van der Waals surface area contributed by atoms with Gasteiger partial charge in [0.05, 0.1) is 0 Å². The van der Waals surface area contributed by atoms with Crippen molar-refractivity contribution >= 4 is 0 Å². The van der Waals surface area contributed by atoms with Crippen molar-refractivity contribution in [2.75, 3.05) is 0 Å². The molecule has 0 fully saturated rings. The Balaban J connectivity index is 2.03. The monoisotopic (exact) mass is 238 g/mol. The summed E-state index contributed by atoms with van der Waals surface area (Å²) in [6, 6.07) is 0. The first-order valence-electron chi connectivity index (χ1n) is 6.91. The van der Waals surface area contributed by atoms with Crippen LogP contribution in [0.25, 0.3) is 0 Å². The summed E-state index contributed by atoms with van der Waals surface area (Å²) < 4.78 is 0. The summed E-state index contributed by atoms with van der Waals surface area (Å²) in [5.74, 6) is 0. The molecule has 0 N–H and O–H groups in total. The summed E-state index contributed by atoms with van der Waals surface area (Å²) in [6.07, 6.45) is 21.4. The third-order valence-corrected chi connectivity index (χ3v) is 3.60. The second kappa shape index (κ2) is 6.39. The minimum Gasteiger partial charge on any atom is -0.0958 e. The molecule has 0 nitrogen and oxygen atoms in total. The maximum Gasteiger partial charge on any atom is -0.0236 e. The van der Waals surface area contributed by atoms with Crippen LogP contribution >= 0.6 is 0 Å². The highest BCUT2D eigenvalue weighted by Gasteiger charge is 2.09. The largest absolute Gasteiger partial charge is 0.0958 e. The molecule has 0 heterocycles. The Labute approximate surface area is 111 Å². The Morgan fingerprint density at radius 1 is 1.17 bits per heavy atom. The van der Waals surface area contributed by atoms with Crippen molar-refractivity contribution in [3.8, 4) is 0 Å². The lowest BCUT2D eigenvalue weighted by Crippen LogP contribution is -1.97. The van der Waals surface area contributed by atoms with E-state index in [4.69, 9.17) is 0 Å². The van der Waals surface area contributed by atoms with Gasteiger partial charge in [0.1, 0.15) is 0 Å². The minimum atomic E-state index is 1.03. The number of allylic oxidation sites excluding steroid dienone is 11. The maximum absolute atomic E-state index is 4.00. The van der Waals surface area contributed by atoms with Gasteiger partial charge in [-0.3, -0.25) is 0 Å². The van der Waals surface area contributed by atoms with Crippen LogP contribution in [0, 0.1) is 0 Å². The lowest BCUT2D eigenvalue weighted by molar-refractivity contribution is 0.881. The predicted octanol–water partition coefficient (Wildman–Crippen LogP) is 5.43. The van der Waals surface area contributed by atoms with Crippen molar-refractivity contribution < 1.29 is 0 Å². The molecular weight excluding hydrogens is 216 g/mol. The maximum atomic E-state index is 4.00. The molecule has 0 saturated heterocycles. The molecule has 2 aliphatic rings. The van der Waals surface area contributed by atoms with Gasteiger partial charge in [0.15, 0.2) is 0 Å². The highest BCUT2D eigenvalue weighted by molar-refractivity contribution is 5.43. The molecule has 0 aromatic carbocycles. The summed E-state index contributed by atoms with van der Waals surface area (Å²) in [6.45, 7) is 6.14. The molecule has 2 aliphatic carbocycles. The van der Waals surface area contributed by atoms with E-state index in [1.165, 1.54) is 41.6 Å². The molecule has 0 radical (unpaired) electrons. The van der Waals surface area contributed by atoms with Crippen molar-refractivity contribution in [3.63, 3.8) is 0 Å². The topological polar surface area (TPSA) is 0 Å². The van der Waals surface area contributed by atoms with Gasteiger partial charge in [-0.2, -0.15) is 0 Å². The summed E-state index contributed by atoms with van der Waals surface area (Å²) in [7, 11) is 0. The van der Waals surface area contributed by atoms with Crippen molar-refractivity contribution in [2.24, 2.45) is 0 Å². The van der Waals surface area contributed by atoms with Crippen LogP contribution in [0.2, 0.25) is 0 Å². The van der Waals surface area contributed by atoms with Crippen molar-refractivity contribution in [2.45, 2.75) is 39.0 Å². The second-order valence-corrected chi connectivity index (χ2v) is 4.94. The zero-order chi connectivity index (χ0) is 12.8. The van der Waals surface area contributed by atoms with Crippen LogP contribution in [0.5, 0.6) is 0 Å². The minimum absolute atomic E-state index is 1.03. The van der Waals surface area contributed by atoms with Gasteiger partial charge in [0, 0.05) is 0 Å². The van der Waals surface area contributed by atoms with E-state index < -0.39 is 0 Å². The highest BCUT2D eigenvalue weighted by Crippen LogP contribution is 2.29. The lowest BCUT2D eigenvalue weighted by Gasteiger charge is -2.17. The van der Waals surface area contributed by atoms with E-state index in [1.54, 1.807) is 0 Å². The Kier molecular flexibility index (Phi) is 4.58. The van der Waals surface area contributed by atoms with Gasteiger partial charge in [-0.25, -0.2) is 0 Å². The van der Waals surface area contributed by atoms with Gasteiger partial charge in [-0.15, -0.1) is 0 Å². The Morgan fingerprint density at radius 3 is 2.61 bits per heavy atom. The normalized spacial score (nSPS) is 19.5. The molecule has 0 aromatic rings. The summed E-state index contributed by atoms with van der Waals surface area (Å²) in [5.41, 5.74) is 5.66. The van der Waals surface area contributed by atoms with E-state index in [1.807, 2.05) is 0 Å². The van der Waals surface area contributed by atoms with Crippen molar-refractivity contribution in [3.05, 3.63) is 71.4 Å². The van der Waals surface area contributed by atoms with E-state index in [2.05, 4.69) is 56.0 Å². The number of rotatable bonds is 4. The average Bonchev–Trinajstić information content (AvgIpc) is 2.46. The van der Waals surface area contributed by atoms with E-state index >= 15 is 0 Å². The van der Waals surface area contributed by atoms with Gasteiger partial charge in [0.25, 0.3) is 0 Å². The van der Waals surface area contributed by atoms with Gasteiger partial charge in [-0.05, 0) is 48.8 Å². The first-order chi connectivity index (χ1) is 8.79. The average molecular weight is 238 g/mol. The van der Waals surface area contributed by atoms with Gasteiger partial charge in [0.2, 0.25) is 0 Å². The second-order valence-electron chi connectivity index (χ2n) is 4.94. The van der Waals surface area contributed by atoms with Crippen molar-refractivity contribution in [1.82, 2.24) is 0 Å². The summed E-state index contributed by atoms with van der Waals surface area (Å²) in [4.78, 5) is 0. The standard InChI is InChI=1S/C18H22/c1-3-15(2)9-10-16-11-13-18(14-12-16)17-7-5-4-6-8-17/h4-5,7,9-11,13H,2-3,6,8,12,14H2,1H3. The fraction of sp³-hybridized carbons (Fsp3) is 0.333. The smallest absolute Gasteiger partial charge is 0.0236 e.